The van der Waals surface area contributed by atoms with E-state index in [0.717, 1.165) is 44.7 Å². The molecule has 1 aromatic heterocycles. The SMILES string of the molecule is C[C@H](CC(=O)N1CCC(O)(Cn2cnc(N3CCC4(CC3)COC4)cc2=O)CC1)c1ccccc1. The number of carbonyl (C=O) groups is 1. The zero-order valence-electron chi connectivity index (χ0n) is 20.6. The first-order valence-electron chi connectivity index (χ1n) is 12.8. The van der Waals surface area contributed by atoms with Gasteiger partial charge in [0.05, 0.1) is 31.7 Å². The van der Waals surface area contributed by atoms with Crippen molar-refractivity contribution in [3.63, 3.8) is 0 Å². The van der Waals surface area contributed by atoms with Crippen LogP contribution in [0.3, 0.4) is 0 Å². The maximum atomic E-state index is 12.8. The summed E-state index contributed by atoms with van der Waals surface area (Å²) in [6, 6.07) is 11.7. The third-order valence-corrected chi connectivity index (χ3v) is 8.19. The van der Waals surface area contributed by atoms with E-state index in [4.69, 9.17) is 4.74 Å². The third kappa shape index (κ3) is 5.28. The van der Waals surface area contributed by atoms with Crippen LogP contribution in [0, 0.1) is 5.41 Å². The number of amides is 1. The number of aromatic nitrogens is 2. The second kappa shape index (κ2) is 9.74. The molecule has 0 saturated carbocycles. The Morgan fingerprint density at radius 2 is 1.77 bits per heavy atom. The van der Waals surface area contributed by atoms with Crippen LogP contribution in [0.2, 0.25) is 0 Å². The van der Waals surface area contributed by atoms with Crippen molar-refractivity contribution in [3.05, 3.63) is 58.6 Å². The van der Waals surface area contributed by atoms with E-state index in [9.17, 15) is 14.7 Å². The van der Waals surface area contributed by atoms with Gasteiger partial charge in [-0.2, -0.15) is 0 Å². The number of piperidine rings is 2. The lowest BCUT2D eigenvalue weighted by Gasteiger charge is -2.47. The van der Waals surface area contributed by atoms with Gasteiger partial charge in [-0.15, -0.1) is 0 Å². The molecule has 1 atom stereocenters. The lowest BCUT2D eigenvalue weighted by atomic mass is 9.77. The van der Waals surface area contributed by atoms with Gasteiger partial charge in [-0.1, -0.05) is 37.3 Å². The summed E-state index contributed by atoms with van der Waals surface area (Å²) >= 11 is 0. The largest absolute Gasteiger partial charge is 0.388 e. The predicted octanol–water partition coefficient (Wildman–Crippen LogP) is 2.41. The summed E-state index contributed by atoms with van der Waals surface area (Å²) in [5.41, 5.74) is 0.331. The van der Waals surface area contributed by atoms with Crippen LogP contribution >= 0.6 is 0 Å². The molecule has 0 aliphatic carbocycles. The molecule has 0 bridgehead atoms. The molecule has 4 heterocycles. The van der Waals surface area contributed by atoms with Crippen LogP contribution in [0.25, 0.3) is 0 Å². The maximum absolute atomic E-state index is 12.8. The highest BCUT2D eigenvalue weighted by Crippen LogP contribution is 2.39. The van der Waals surface area contributed by atoms with Gasteiger partial charge < -0.3 is 19.6 Å². The van der Waals surface area contributed by atoms with Crippen LogP contribution in [-0.2, 0) is 16.1 Å². The predicted molar refractivity (Wildman–Crippen MR) is 133 cm³/mol. The van der Waals surface area contributed by atoms with Crippen LogP contribution in [0.5, 0.6) is 0 Å². The highest BCUT2D eigenvalue weighted by molar-refractivity contribution is 5.77. The van der Waals surface area contributed by atoms with Gasteiger partial charge in [0.25, 0.3) is 5.56 Å². The third-order valence-electron chi connectivity index (χ3n) is 8.19. The lowest BCUT2D eigenvalue weighted by molar-refractivity contribution is -0.136. The number of anilines is 1. The van der Waals surface area contributed by atoms with Gasteiger partial charge >= 0.3 is 0 Å². The van der Waals surface area contributed by atoms with E-state index in [1.165, 1.54) is 4.57 Å². The zero-order valence-corrected chi connectivity index (χ0v) is 20.6. The topological polar surface area (TPSA) is 87.9 Å². The summed E-state index contributed by atoms with van der Waals surface area (Å²) in [7, 11) is 0. The van der Waals surface area contributed by atoms with E-state index in [-0.39, 0.29) is 23.9 Å². The van der Waals surface area contributed by atoms with Gasteiger partial charge in [0.15, 0.2) is 0 Å². The van der Waals surface area contributed by atoms with Crippen molar-refractivity contribution in [2.45, 2.75) is 57.1 Å². The van der Waals surface area contributed by atoms with Gasteiger partial charge in [0.1, 0.15) is 5.82 Å². The molecule has 3 aliphatic heterocycles. The quantitative estimate of drug-likeness (QED) is 0.683. The Morgan fingerprint density at radius 3 is 2.37 bits per heavy atom. The van der Waals surface area contributed by atoms with Crippen molar-refractivity contribution >= 4 is 11.7 Å². The Bertz CT molecular complexity index is 1080. The molecule has 0 radical (unpaired) electrons. The summed E-state index contributed by atoms with van der Waals surface area (Å²) in [6.07, 6.45) is 5.04. The van der Waals surface area contributed by atoms with Crippen LogP contribution in [0.1, 0.15) is 50.5 Å². The second-order valence-electron chi connectivity index (χ2n) is 10.8. The molecule has 35 heavy (non-hydrogen) atoms. The van der Waals surface area contributed by atoms with Crippen molar-refractivity contribution in [2.24, 2.45) is 5.41 Å². The molecular formula is C27H36N4O4. The van der Waals surface area contributed by atoms with Crippen molar-refractivity contribution < 1.29 is 14.6 Å². The number of hydrogen-bond acceptors (Lipinski definition) is 6. The number of nitrogens with zero attached hydrogens (tertiary/aromatic N) is 4. The summed E-state index contributed by atoms with van der Waals surface area (Å²) in [6.45, 7) is 6.73. The van der Waals surface area contributed by atoms with Gasteiger partial charge in [0, 0.05) is 44.1 Å². The molecular weight excluding hydrogens is 444 g/mol. The van der Waals surface area contributed by atoms with Gasteiger partial charge in [0.2, 0.25) is 5.91 Å². The Labute approximate surface area is 206 Å². The van der Waals surface area contributed by atoms with Crippen molar-refractivity contribution in [1.82, 2.24) is 14.5 Å². The summed E-state index contributed by atoms with van der Waals surface area (Å²) in [4.78, 5) is 34.2. The van der Waals surface area contributed by atoms with E-state index < -0.39 is 5.60 Å². The average Bonchev–Trinajstić information content (AvgIpc) is 2.85. The maximum Gasteiger partial charge on any atom is 0.255 e. The van der Waals surface area contributed by atoms with Crippen LogP contribution in [0.4, 0.5) is 5.82 Å². The van der Waals surface area contributed by atoms with E-state index >= 15 is 0 Å². The van der Waals surface area contributed by atoms with Crippen molar-refractivity contribution in [2.75, 3.05) is 44.3 Å². The minimum atomic E-state index is -1.02. The number of aliphatic hydroxyl groups is 1. The van der Waals surface area contributed by atoms with Crippen LogP contribution in [-0.4, -0.2) is 70.5 Å². The Kier molecular flexibility index (Phi) is 6.68. The molecule has 5 rings (SSSR count). The number of hydrogen-bond donors (Lipinski definition) is 1. The molecule has 8 nitrogen and oxygen atoms in total. The Hall–Kier alpha value is -2.71. The van der Waals surface area contributed by atoms with Gasteiger partial charge in [-0.25, -0.2) is 4.98 Å². The van der Waals surface area contributed by atoms with Crippen molar-refractivity contribution in [1.29, 1.82) is 0 Å². The van der Waals surface area contributed by atoms with Crippen LogP contribution < -0.4 is 10.5 Å². The van der Waals surface area contributed by atoms with Crippen molar-refractivity contribution in [3.8, 4) is 0 Å². The fraction of sp³-hybridized carbons (Fsp3) is 0.593. The molecule has 1 aromatic carbocycles. The number of ether oxygens (including phenoxy) is 1. The monoisotopic (exact) mass is 480 g/mol. The van der Waals surface area contributed by atoms with Gasteiger partial charge in [-0.3, -0.25) is 14.2 Å². The smallest absolute Gasteiger partial charge is 0.255 e. The molecule has 188 valence electrons. The number of benzene rings is 1. The normalized spacial score (nSPS) is 22.0. The number of carbonyl (C=O) groups excluding carboxylic acids is 1. The van der Waals surface area contributed by atoms with E-state index in [1.807, 2.05) is 23.1 Å². The molecule has 2 aromatic rings. The first-order chi connectivity index (χ1) is 16.8. The van der Waals surface area contributed by atoms with E-state index in [1.54, 1.807) is 12.4 Å². The number of likely N-dealkylation sites (tertiary alicyclic amines) is 1. The molecule has 8 heteroatoms. The lowest BCUT2D eigenvalue weighted by Crippen LogP contribution is -2.51. The van der Waals surface area contributed by atoms with Gasteiger partial charge in [-0.05, 0) is 37.2 Å². The molecule has 3 fully saturated rings. The number of rotatable bonds is 6. The minimum Gasteiger partial charge on any atom is -0.388 e. The highest BCUT2D eigenvalue weighted by Gasteiger charge is 2.41. The Morgan fingerprint density at radius 1 is 1.09 bits per heavy atom. The Balaban J connectivity index is 1.14. The summed E-state index contributed by atoms with van der Waals surface area (Å²) in [5, 5.41) is 11.2. The fourth-order valence-electron chi connectivity index (χ4n) is 5.54. The zero-order chi connectivity index (χ0) is 24.5. The molecule has 3 aliphatic rings. The summed E-state index contributed by atoms with van der Waals surface area (Å²) < 4.78 is 6.90. The molecule has 1 N–H and O–H groups in total. The minimum absolute atomic E-state index is 0.114. The molecule has 1 amide bonds. The molecule has 0 unspecified atom stereocenters. The highest BCUT2D eigenvalue weighted by atomic mass is 16.5. The molecule has 1 spiro atoms. The standard InChI is InChI=1S/C27H36N4O4/c1-21(22-5-3-2-4-6-22)15-24(32)30-13-9-27(34,10-14-30)17-31-20-28-23(16-25(31)33)29-11-7-26(8-12-29)18-35-19-26/h2-6,16,20-21,34H,7-15,17-19H2,1H3/t21-/m1/s1. The van der Waals surface area contributed by atoms with E-state index in [2.05, 4.69) is 28.9 Å². The van der Waals surface area contributed by atoms with Crippen LogP contribution in [0.15, 0.2) is 47.5 Å². The molecule has 3 saturated heterocycles. The first-order valence-corrected chi connectivity index (χ1v) is 12.8. The fourth-order valence-corrected chi connectivity index (χ4v) is 5.54. The summed E-state index contributed by atoms with van der Waals surface area (Å²) in [5.74, 6) is 0.977. The first kappa shape index (κ1) is 24.0. The van der Waals surface area contributed by atoms with E-state index in [0.29, 0.717) is 43.6 Å². The second-order valence-corrected chi connectivity index (χ2v) is 10.8. The average molecular weight is 481 g/mol.